The minimum Gasteiger partial charge on any atom is -0.333 e. The van der Waals surface area contributed by atoms with Gasteiger partial charge >= 0.3 is 0 Å². The molecule has 4 rings (SSSR count). The third-order valence-corrected chi connectivity index (χ3v) is 4.17. The number of fused-ring (bicyclic) bond motifs is 2. The summed E-state index contributed by atoms with van der Waals surface area (Å²) in [5.41, 5.74) is 4.67. The first-order valence-corrected chi connectivity index (χ1v) is 7.40. The minimum absolute atomic E-state index is 0.0127. The number of benzene rings is 1. The van der Waals surface area contributed by atoms with E-state index in [0.29, 0.717) is 17.9 Å². The molecule has 5 heteroatoms. The molecular formula is C17H16N4O. The van der Waals surface area contributed by atoms with Gasteiger partial charge in [-0.15, -0.1) is 0 Å². The normalized spacial score (nSPS) is 14.1. The summed E-state index contributed by atoms with van der Waals surface area (Å²) in [6.07, 6.45) is 2.59. The largest absolute Gasteiger partial charge is 0.333 e. The number of aryl methyl sites for hydroxylation is 1. The Hall–Kier alpha value is -2.69. The summed E-state index contributed by atoms with van der Waals surface area (Å²) in [4.78, 5) is 19.1. The van der Waals surface area contributed by atoms with Gasteiger partial charge in [-0.05, 0) is 30.5 Å². The van der Waals surface area contributed by atoms with Crippen molar-refractivity contribution in [1.29, 1.82) is 0 Å². The highest BCUT2D eigenvalue weighted by molar-refractivity contribution is 5.93. The second kappa shape index (κ2) is 4.94. The van der Waals surface area contributed by atoms with Crippen LogP contribution in [0.1, 0.15) is 27.3 Å². The van der Waals surface area contributed by atoms with Crippen LogP contribution < -0.4 is 0 Å². The van der Waals surface area contributed by atoms with Gasteiger partial charge in [0, 0.05) is 24.8 Å². The van der Waals surface area contributed by atoms with Gasteiger partial charge in [-0.1, -0.05) is 24.3 Å². The molecule has 0 saturated carbocycles. The van der Waals surface area contributed by atoms with Gasteiger partial charge in [0.25, 0.3) is 5.91 Å². The van der Waals surface area contributed by atoms with E-state index in [4.69, 9.17) is 0 Å². The lowest BCUT2D eigenvalue weighted by Crippen LogP contribution is -2.36. The lowest BCUT2D eigenvalue weighted by Gasteiger charge is -2.28. The number of amides is 1. The molecule has 110 valence electrons. The van der Waals surface area contributed by atoms with Crippen molar-refractivity contribution in [2.75, 3.05) is 6.54 Å². The van der Waals surface area contributed by atoms with Crippen LogP contribution in [0.2, 0.25) is 0 Å². The van der Waals surface area contributed by atoms with Gasteiger partial charge in [-0.3, -0.25) is 4.79 Å². The van der Waals surface area contributed by atoms with Crippen LogP contribution in [0, 0.1) is 6.92 Å². The molecule has 0 atom stereocenters. The summed E-state index contributed by atoms with van der Waals surface area (Å²) in [6.45, 7) is 3.32. The lowest BCUT2D eigenvalue weighted by molar-refractivity contribution is 0.0728. The van der Waals surface area contributed by atoms with Crippen LogP contribution in [0.5, 0.6) is 0 Å². The maximum Gasteiger partial charge on any atom is 0.272 e. The van der Waals surface area contributed by atoms with E-state index in [2.05, 4.69) is 28.3 Å². The Bertz CT molecular complexity index is 868. The third-order valence-electron chi connectivity index (χ3n) is 4.17. The number of aromatic nitrogens is 3. The zero-order valence-corrected chi connectivity index (χ0v) is 12.4. The van der Waals surface area contributed by atoms with E-state index in [9.17, 15) is 4.79 Å². The lowest BCUT2D eigenvalue weighted by atomic mass is 10.00. The Morgan fingerprint density at radius 3 is 2.86 bits per heavy atom. The van der Waals surface area contributed by atoms with Crippen LogP contribution in [0.3, 0.4) is 0 Å². The van der Waals surface area contributed by atoms with Gasteiger partial charge in [0.15, 0.2) is 5.65 Å². The van der Waals surface area contributed by atoms with Crippen LogP contribution in [0.4, 0.5) is 0 Å². The molecule has 1 aliphatic heterocycles. The molecular weight excluding hydrogens is 276 g/mol. The Labute approximate surface area is 128 Å². The number of nitrogens with zero attached hydrogens (tertiary/aromatic N) is 4. The van der Waals surface area contributed by atoms with Crippen molar-refractivity contribution in [3.8, 4) is 0 Å². The van der Waals surface area contributed by atoms with Crippen molar-refractivity contribution in [1.82, 2.24) is 19.5 Å². The fraction of sp³-hybridized carbons (Fsp3) is 0.235. The molecule has 0 spiro atoms. The summed E-state index contributed by atoms with van der Waals surface area (Å²) in [5.74, 6) is -0.0127. The Balaban J connectivity index is 1.66. The molecule has 5 nitrogen and oxygen atoms in total. The van der Waals surface area contributed by atoms with E-state index in [1.54, 1.807) is 10.7 Å². The standard InChI is InChI=1S/C17H16N4O/c1-12-10-15(19-16-6-8-18-21(12)16)17(22)20-9-7-13-4-2-3-5-14(13)11-20/h2-6,8,10H,7,9,11H2,1H3. The maximum atomic E-state index is 12.8. The molecule has 1 aromatic carbocycles. The average Bonchev–Trinajstić information content (AvgIpc) is 3.03. The SMILES string of the molecule is Cc1cc(C(=O)N2CCc3ccccc3C2)nc2ccnn12. The van der Waals surface area contributed by atoms with Gasteiger partial charge in [0.05, 0.1) is 6.20 Å². The van der Waals surface area contributed by atoms with Crippen molar-refractivity contribution in [2.45, 2.75) is 19.9 Å². The molecule has 1 aliphatic rings. The van der Waals surface area contributed by atoms with Crippen molar-refractivity contribution >= 4 is 11.6 Å². The zero-order valence-electron chi connectivity index (χ0n) is 12.4. The molecule has 3 aromatic rings. The van der Waals surface area contributed by atoms with Gasteiger partial charge < -0.3 is 4.90 Å². The predicted molar refractivity (Wildman–Crippen MR) is 82.6 cm³/mol. The predicted octanol–water partition coefficient (Wildman–Crippen LogP) is 2.24. The topological polar surface area (TPSA) is 50.5 Å². The van der Waals surface area contributed by atoms with E-state index < -0.39 is 0 Å². The van der Waals surface area contributed by atoms with Crippen molar-refractivity contribution < 1.29 is 4.79 Å². The molecule has 0 fully saturated rings. The first kappa shape index (κ1) is 13.0. The second-order valence-corrected chi connectivity index (χ2v) is 5.63. The second-order valence-electron chi connectivity index (χ2n) is 5.63. The summed E-state index contributed by atoms with van der Waals surface area (Å²) in [5, 5.41) is 4.19. The smallest absolute Gasteiger partial charge is 0.272 e. The molecule has 3 heterocycles. The number of hydrogen-bond donors (Lipinski definition) is 0. The summed E-state index contributed by atoms with van der Waals surface area (Å²) < 4.78 is 1.74. The molecule has 0 bridgehead atoms. The van der Waals surface area contributed by atoms with Crippen LogP contribution in [-0.2, 0) is 13.0 Å². The molecule has 1 amide bonds. The Morgan fingerprint density at radius 2 is 2.00 bits per heavy atom. The fourth-order valence-electron chi connectivity index (χ4n) is 3.01. The zero-order chi connectivity index (χ0) is 15.1. The average molecular weight is 292 g/mol. The molecule has 0 N–H and O–H groups in total. The third kappa shape index (κ3) is 2.06. The Kier molecular flexibility index (Phi) is 2.92. The van der Waals surface area contributed by atoms with Crippen molar-refractivity contribution in [2.24, 2.45) is 0 Å². The maximum absolute atomic E-state index is 12.8. The molecule has 0 aliphatic carbocycles. The van der Waals surface area contributed by atoms with E-state index in [0.717, 1.165) is 18.7 Å². The summed E-state index contributed by atoms with van der Waals surface area (Å²) in [6, 6.07) is 11.9. The van der Waals surface area contributed by atoms with Crippen LogP contribution in [0.25, 0.3) is 5.65 Å². The van der Waals surface area contributed by atoms with Gasteiger partial charge in [0.2, 0.25) is 0 Å². The highest BCUT2D eigenvalue weighted by Crippen LogP contribution is 2.20. The van der Waals surface area contributed by atoms with Gasteiger partial charge in [-0.25, -0.2) is 9.50 Å². The molecule has 0 radical (unpaired) electrons. The van der Waals surface area contributed by atoms with Gasteiger partial charge in [0.1, 0.15) is 5.69 Å². The van der Waals surface area contributed by atoms with E-state index in [1.807, 2.05) is 30.0 Å². The number of carbonyl (C=O) groups is 1. The van der Waals surface area contributed by atoms with E-state index in [1.165, 1.54) is 11.1 Å². The highest BCUT2D eigenvalue weighted by Gasteiger charge is 2.23. The van der Waals surface area contributed by atoms with Crippen LogP contribution in [-0.4, -0.2) is 31.9 Å². The van der Waals surface area contributed by atoms with E-state index >= 15 is 0 Å². The highest BCUT2D eigenvalue weighted by atomic mass is 16.2. The van der Waals surface area contributed by atoms with Gasteiger partial charge in [-0.2, -0.15) is 5.10 Å². The Morgan fingerprint density at radius 1 is 1.18 bits per heavy atom. The fourth-order valence-corrected chi connectivity index (χ4v) is 3.01. The number of hydrogen-bond acceptors (Lipinski definition) is 3. The van der Waals surface area contributed by atoms with Crippen molar-refractivity contribution in [3.63, 3.8) is 0 Å². The number of carbonyl (C=O) groups excluding carboxylic acids is 1. The first-order valence-electron chi connectivity index (χ1n) is 7.40. The molecule has 0 unspecified atom stereocenters. The monoisotopic (exact) mass is 292 g/mol. The summed E-state index contributed by atoms with van der Waals surface area (Å²) >= 11 is 0. The first-order chi connectivity index (χ1) is 10.7. The molecule has 2 aromatic heterocycles. The van der Waals surface area contributed by atoms with Crippen LogP contribution in [0.15, 0.2) is 42.6 Å². The van der Waals surface area contributed by atoms with Crippen molar-refractivity contribution in [3.05, 3.63) is 65.1 Å². The quantitative estimate of drug-likeness (QED) is 0.691. The minimum atomic E-state index is -0.0127. The van der Waals surface area contributed by atoms with Crippen LogP contribution >= 0.6 is 0 Å². The number of rotatable bonds is 1. The molecule has 0 saturated heterocycles. The molecule has 22 heavy (non-hydrogen) atoms. The van der Waals surface area contributed by atoms with E-state index in [-0.39, 0.29) is 5.91 Å². The summed E-state index contributed by atoms with van der Waals surface area (Å²) in [7, 11) is 0.